The number of benzene rings is 2. The van der Waals surface area contributed by atoms with E-state index in [1.165, 1.54) is 4.31 Å². The Labute approximate surface area is 191 Å². The first-order chi connectivity index (χ1) is 15.4. The minimum Gasteiger partial charge on any atom is -0.457 e. The standard InChI is InChI=1S/C23H21ClN2O5S/c24-19-8-6-16(7-9-19)20(27)15-31-23(28)18-10-13-26(14-11-18)32(29,30)21-5-1-3-17-4-2-12-25-22(17)21/h1-9,12,18H,10-11,13-15H2. The minimum absolute atomic E-state index is 0.158. The van der Waals surface area contributed by atoms with Gasteiger partial charge in [0.1, 0.15) is 4.90 Å². The lowest BCUT2D eigenvalue weighted by Gasteiger charge is -2.30. The quantitative estimate of drug-likeness (QED) is 0.401. The number of piperidine rings is 1. The van der Waals surface area contributed by atoms with Crippen LogP contribution < -0.4 is 0 Å². The van der Waals surface area contributed by atoms with Crippen LogP contribution in [0.1, 0.15) is 23.2 Å². The third-order valence-electron chi connectivity index (χ3n) is 5.51. The van der Waals surface area contributed by atoms with Gasteiger partial charge in [-0.2, -0.15) is 4.31 Å². The molecule has 1 aromatic heterocycles. The summed E-state index contributed by atoms with van der Waals surface area (Å²) in [4.78, 5) is 29.0. The lowest BCUT2D eigenvalue weighted by Crippen LogP contribution is -2.40. The summed E-state index contributed by atoms with van der Waals surface area (Å²) in [5.41, 5.74) is 0.837. The van der Waals surface area contributed by atoms with E-state index in [4.69, 9.17) is 16.3 Å². The Morgan fingerprint density at radius 3 is 2.44 bits per heavy atom. The number of nitrogens with zero attached hydrogens (tertiary/aromatic N) is 2. The van der Waals surface area contributed by atoms with E-state index in [2.05, 4.69) is 4.98 Å². The molecular formula is C23H21ClN2O5S. The lowest BCUT2D eigenvalue weighted by atomic mass is 9.98. The fourth-order valence-corrected chi connectivity index (χ4v) is 5.49. The first-order valence-electron chi connectivity index (χ1n) is 10.2. The van der Waals surface area contributed by atoms with Gasteiger partial charge in [0.2, 0.25) is 10.0 Å². The second-order valence-corrected chi connectivity index (χ2v) is 9.89. The van der Waals surface area contributed by atoms with Gasteiger partial charge in [-0.15, -0.1) is 0 Å². The summed E-state index contributed by atoms with van der Waals surface area (Å²) >= 11 is 5.81. The molecule has 0 spiro atoms. The van der Waals surface area contributed by atoms with Crippen molar-refractivity contribution in [3.8, 4) is 0 Å². The molecule has 32 heavy (non-hydrogen) atoms. The summed E-state index contributed by atoms with van der Waals surface area (Å²) < 4.78 is 32.9. The first kappa shape index (κ1) is 22.4. The van der Waals surface area contributed by atoms with Crippen molar-refractivity contribution in [2.24, 2.45) is 5.92 Å². The molecule has 1 fully saturated rings. The topological polar surface area (TPSA) is 93.6 Å². The zero-order chi connectivity index (χ0) is 22.7. The molecule has 0 radical (unpaired) electrons. The van der Waals surface area contributed by atoms with Gasteiger partial charge in [-0.3, -0.25) is 14.6 Å². The molecule has 0 atom stereocenters. The van der Waals surface area contributed by atoms with Gasteiger partial charge in [0, 0.05) is 35.3 Å². The van der Waals surface area contributed by atoms with Crippen LogP contribution in [0, 0.1) is 5.92 Å². The minimum atomic E-state index is -3.75. The van der Waals surface area contributed by atoms with E-state index in [9.17, 15) is 18.0 Å². The fraction of sp³-hybridized carbons (Fsp3) is 0.261. The van der Waals surface area contributed by atoms with Crippen LogP contribution in [0.5, 0.6) is 0 Å². The van der Waals surface area contributed by atoms with Gasteiger partial charge < -0.3 is 4.74 Å². The van der Waals surface area contributed by atoms with Crippen LogP contribution in [0.15, 0.2) is 65.7 Å². The van der Waals surface area contributed by atoms with Crippen molar-refractivity contribution in [1.29, 1.82) is 0 Å². The van der Waals surface area contributed by atoms with Crippen LogP contribution in [-0.2, 0) is 19.6 Å². The number of ether oxygens (including phenoxy) is 1. The molecule has 9 heteroatoms. The molecule has 0 saturated carbocycles. The number of rotatable bonds is 6. The van der Waals surface area contributed by atoms with Crippen LogP contribution in [0.2, 0.25) is 5.02 Å². The molecule has 0 amide bonds. The lowest BCUT2D eigenvalue weighted by molar-refractivity contribution is -0.148. The number of aromatic nitrogens is 1. The average molecular weight is 473 g/mol. The van der Waals surface area contributed by atoms with Crippen LogP contribution in [0.25, 0.3) is 10.9 Å². The molecule has 0 N–H and O–H groups in total. The number of hydrogen-bond donors (Lipinski definition) is 0. The Kier molecular flexibility index (Phi) is 6.55. The normalized spacial score (nSPS) is 15.5. The smallest absolute Gasteiger partial charge is 0.309 e. The number of para-hydroxylation sites is 1. The summed E-state index contributed by atoms with van der Waals surface area (Å²) in [5, 5.41) is 1.26. The third kappa shape index (κ3) is 4.67. The van der Waals surface area contributed by atoms with E-state index >= 15 is 0 Å². The molecule has 1 saturated heterocycles. The number of halogens is 1. The maximum atomic E-state index is 13.2. The molecule has 2 heterocycles. The highest BCUT2D eigenvalue weighted by Crippen LogP contribution is 2.28. The Morgan fingerprint density at radius 2 is 1.72 bits per heavy atom. The average Bonchev–Trinajstić information content (AvgIpc) is 2.82. The summed E-state index contributed by atoms with van der Waals surface area (Å²) in [5.74, 6) is -1.26. The Bertz CT molecular complexity index is 1250. The zero-order valence-electron chi connectivity index (χ0n) is 17.1. The van der Waals surface area contributed by atoms with E-state index in [0.717, 1.165) is 5.39 Å². The molecule has 166 valence electrons. The predicted octanol–water partition coefficient (Wildman–Crippen LogP) is 3.72. The van der Waals surface area contributed by atoms with Crippen LogP contribution in [0.3, 0.4) is 0 Å². The Hall–Kier alpha value is -2.81. The number of carbonyl (C=O) groups is 2. The molecule has 0 bridgehead atoms. The van der Waals surface area contributed by atoms with Gasteiger partial charge in [0.05, 0.1) is 11.4 Å². The van der Waals surface area contributed by atoms with Crippen molar-refractivity contribution >= 4 is 44.3 Å². The summed E-state index contributed by atoms with van der Waals surface area (Å²) in [6.07, 6.45) is 2.21. The largest absolute Gasteiger partial charge is 0.457 e. The third-order valence-corrected chi connectivity index (χ3v) is 7.69. The van der Waals surface area contributed by atoms with Gasteiger partial charge in [0.25, 0.3) is 0 Å². The number of ketones is 1. The molecular weight excluding hydrogens is 452 g/mol. The van der Waals surface area contributed by atoms with Gasteiger partial charge in [0.15, 0.2) is 12.4 Å². The van der Waals surface area contributed by atoms with E-state index in [1.807, 2.05) is 12.1 Å². The van der Waals surface area contributed by atoms with Crippen molar-refractivity contribution in [2.75, 3.05) is 19.7 Å². The maximum Gasteiger partial charge on any atom is 0.309 e. The number of carbonyl (C=O) groups excluding carboxylic acids is 2. The van der Waals surface area contributed by atoms with Crippen LogP contribution in [0.4, 0.5) is 0 Å². The molecule has 4 rings (SSSR count). The van der Waals surface area contributed by atoms with Crippen LogP contribution >= 0.6 is 11.6 Å². The fourth-order valence-electron chi connectivity index (χ4n) is 3.73. The van der Waals surface area contributed by atoms with E-state index in [-0.39, 0.29) is 30.4 Å². The molecule has 0 unspecified atom stereocenters. The summed E-state index contributed by atoms with van der Waals surface area (Å²) in [7, 11) is -3.75. The van der Waals surface area contributed by atoms with Crippen molar-refractivity contribution in [3.05, 3.63) is 71.4 Å². The highest BCUT2D eigenvalue weighted by atomic mass is 35.5. The Morgan fingerprint density at radius 1 is 1.03 bits per heavy atom. The molecule has 2 aromatic carbocycles. The molecule has 7 nitrogen and oxygen atoms in total. The molecule has 1 aliphatic heterocycles. The molecule has 0 aliphatic carbocycles. The number of Topliss-reactive ketones (excluding diaryl/α,β-unsaturated/α-hetero) is 1. The second-order valence-electron chi connectivity index (χ2n) is 7.55. The van der Waals surface area contributed by atoms with Crippen molar-refractivity contribution in [1.82, 2.24) is 9.29 Å². The van der Waals surface area contributed by atoms with E-state index in [1.54, 1.807) is 48.7 Å². The van der Waals surface area contributed by atoms with E-state index < -0.39 is 21.9 Å². The number of hydrogen-bond acceptors (Lipinski definition) is 6. The van der Waals surface area contributed by atoms with E-state index in [0.29, 0.717) is 28.9 Å². The molecule has 3 aromatic rings. The van der Waals surface area contributed by atoms with Crippen molar-refractivity contribution < 1.29 is 22.7 Å². The van der Waals surface area contributed by atoms with Gasteiger partial charge >= 0.3 is 5.97 Å². The van der Waals surface area contributed by atoms with Gasteiger partial charge in [-0.05, 0) is 49.2 Å². The number of esters is 1. The van der Waals surface area contributed by atoms with Crippen LogP contribution in [-0.4, -0.2) is 49.2 Å². The number of pyridine rings is 1. The van der Waals surface area contributed by atoms with Crippen molar-refractivity contribution in [3.63, 3.8) is 0 Å². The second kappa shape index (κ2) is 9.36. The molecule has 1 aliphatic rings. The predicted molar refractivity (Wildman–Crippen MR) is 120 cm³/mol. The maximum absolute atomic E-state index is 13.2. The highest BCUT2D eigenvalue weighted by Gasteiger charge is 2.34. The monoisotopic (exact) mass is 472 g/mol. The van der Waals surface area contributed by atoms with Crippen molar-refractivity contribution in [2.45, 2.75) is 17.7 Å². The SMILES string of the molecule is O=C(COC(=O)C1CCN(S(=O)(=O)c2cccc3cccnc23)CC1)c1ccc(Cl)cc1. The first-order valence-corrected chi connectivity index (χ1v) is 12.0. The zero-order valence-corrected chi connectivity index (χ0v) is 18.7. The van der Waals surface area contributed by atoms with Gasteiger partial charge in [-0.1, -0.05) is 29.8 Å². The summed E-state index contributed by atoms with van der Waals surface area (Å²) in [6.45, 7) is 0.0214. The number of sulfonamides is 1. The Balaban J connectivity index is 1.36. The number of fused-ring (bicyclic) bond motifs is 1. The van der Waals surface area contributed by atoms with Gasteiger partial charge in [-0.25, -0.2) is 8.42 Å². The summed E-state index contributed by atoms with van der Waals surface area (Å²) in [6, 6.07) is 15.0. The highest BCUT2D eigenvalue weighted by molar-refractivity contribution is 7.89.